The molecule has 2 aliphatic rings. The summed E-state index contributed by atoms with van der Waals surface area (Å²) in [5.74, 6) is 0. The van der Waals surface area contributed by atoms with Crippen LogP contribution in [0.25, 0.3) is 0 Å². The number of hydrogen-bond donors (Lipinski definition) is 1. The lowest BCUT2D eigenvalue weighted by molar-refractivity contribution is 0.121. The van der Waals surface area contributed by atoms with E-state index in [-0.39, 0.29) is 0 Å². The van der Waals surface area contributed by atoms with E-state index in [0.29, 0.717) is 6.04 Å². The largest absolute Gasteiger partial charge is 0.392 e. The predicted octanol–water partition coefficient (Wildman–Crippen LogP) is 2.85. The number of thiocarbonyl (C=S) groups is 1. The molecule has 0 spiro atoms. The molecule has 1 heterocycles. The van der Waals surface area contributed by atoms with Crippen molar-refractivity contribution in [3.8, 4) is 0 Å². The van der Waals surface area contributed by atoms with E-state index in [1.165, 1.54) is 64.3 Å². The molecule has 0 aromatic rings. The van der Waals surface area contributed by atoms with Crippen LogP contribution in [0.1, 0.15) is 57.8 Å². The van der Waals surface area contributed by atoms with Crippen molar-refractivity contribution < 1.29 is 0 Å². The van der Waals surface area contributed by atoms with Gasteiger partial charge in [-0.05, 0) is 32.2 Å². The smallest absolute Gasteiger partial charge is 0.0902 e. The van der Waals surface area contributed by atoms with Crippen LogP contribution in [0.2, 0.25) is 0 Å². The Morgan fingerprint density at radius 2 is 1.56 bits per heavy atom. The maximum absolute atomic E-state index is 5.89. The van der Waals surface area contributed by atoms with Gasteiger partial charge in [0.2, 0.25) is 0 Å². The van der Waals surface area contributed by atoms with Gasteiger partial charge in [-0.25, -0.2) is 0 Å². The van der Waals surface area contributed by atoms with Crippen LogP contribution in [0.5, 0.6) is 0 Å². The van der Waals surface area contributed by atoms with Gasteiger partial charge in [-0.15, -0.1) is 0 Å². The molecule has 0 aromatic heterocycles. The highest BCUT2D eigenvalue weighted by Crippen LogP contribution is 2.27. The third kappa shape index (κ3) is 2.95. The fraction of sp³-hybridized carbons (Fsp3) is 0.923. The molecule has 3 heteroatoms. The van der Waals surface area contributed by atoms with E-state index in [4.69, 9.17) is 18.0 Å². The van der Waals surface area contributed by atoms with E-state index in [1.54, 1.807) is 0 Å². The van der Waals surface area contributed by atoms with Crippen LogP contribution in [0.3, 0.4) is 0 Å². The molecule has 2 nitrogen and oxygen atoms in total. The standard InChI is InChI=1S/C13H24N2S/c14-13(16)12-9-5-6-10-15(12)11-7-3-1-2-4-8-11/h11-12H,1-10H2,(H2,14,16). The van der Waals surface area contributed by atoms with Crippen LogP contribution < -0.4 is 5.73 Å². The minimum absolute atomic E-state index is 0.395. The molecule has 2 fully saturated rings. The number of rotatable bonds is 2. The Kier molecular flexibility index (Phi) is 4.59. The van der Waals surface area contributed by atoms with Crippen molar-refractivity contribution in [3.05, 3.63) is 0 Å². The Hall–Kier alpha value is -0.150. The summed E-state index contributed by atoms with van der Waals surface area (Å²) in [6.45, 7) is 1.21. The van der Waals surface area contributed by atoms with E-state index in [9.17, 15) is 0 Å². The van der Waals surface area contributed by atoms with Gasteiger partial charge in [0.05, 0.1) is 11.0 Å². The Labute approximate surface area is 105 Å². The second kappa shape index (κ2) is 5.97. The highest BCUT2D eigenvalue weighted by Gasteiger charge is 2.30. The molecule has 1 saturated heterocycles. The van der Waals surface area contributed by atoms with Gasteiger partial charge in [-0.3, -0.25) is 4.90 Å². The summed E-state index contributed by atoms with van der Waals surface area (Å²) in [7, 11) is 0. The molecule has 1 saturated carbocycles. The first-order chi connectivity index (χ1) is 7.79. The number of likely N-dealkylation sites (tertiary alicyclic amines) is 1. The number of nitrogens with zero attached hydrogens (tertiary/aromatic N) is 1. The predicted molar refractivity (Wildman–Crippen MR) is 72.6 cm³/mol. The molecule has 92 valence electrons. The molecule has 16 heavy (non-hydrogen) atoms. The zero-order valence-corrected chi connectivity index (χ0v) is 11.0. The van der Waals surface area contributed by atoms with Gasteiger partial charge in [0.1, 0.15) is 0 Å². The molecule has 0 aromatic carbocycles. The van der Waals surface area contributed by atoms with Gasteiger partial charge in [0.15, 0.2) is 0 Å². The summed E-state index contributed by atoms with van der Waals surface area (Å²) >= 11 is 5.23. The Morgan fingerprint density at radius 3 is 2.19 bits per heavy atom. The third-order valence-electron chi connectivity index (χ3n) is 4.17. The lowest BCUT2D eigenvalue weighted by Gasteiger charge is -2.40. The van der Waals surface area contributed by atoms with Crippen molar-refractivity contribution in [2.24, 2.45) is 5.73 Å². The van der Waals surface area contributed by atoms with Crippen molar-refractivity contribution in [2.45, 2.75) is 69.9 Å². The zero-order chi connectivity index (χ0) is 11.4. The van der Waals surface area contributed by atoms with Crippen LogP contribution in [-0.2, 0) is 0 Å². The molecule has 1 atom stereocenters. The average Bonchev–Trinajstić information content (AvgIpc) is 2.57. The second-order valence-corrected chi connectivity index (χ2v) is 5.77. The fourth-order valence-corrected chi connectivity index (χ4v) is 3.54. The highest BCUT2D eigenvalue weighted by molar-refractivity contribution is 7.80. The van der Waals surface area contributed by atoms with Crippen molar-refractivity contribution >= 4 is 17.2 Å². The van der Waals surface area contributed by atoms with Crippen molar-refractivity contribution in [1.29, 1.82) is 0 Å². The molecule has 1 aliphatic carbocycles. The Bertz CT molecular complexity index is 234. The summed E-state index contributed by atoms with van der Waals surface area (Å²) in [5.41, 5.74) is 5.89. The molecule has 2 N–H and O–H groups in total. The normalized spacial score (nSPS) is 29.9. The van der Waals surface area contributed by atoms with Crippen molar-refractivity contribution in [1.82, 2.24) is 4.90 Å². The van der Waals surface area contributed by atoms with E-state index in [2.05, 4.69) is 4.90 Å². The van der Waals surface area contributed by atoms with E-state index < -0.39 is 0 Å². The maximum atomic E-state index is 5.89. The lowest BCUT2D eigenvalue weighted by atomic mass is 9.96. The van der Waals surface area contributed by atoms with E-state index >= 15 is 0 Å². The average molecular weight is 240 g/mol. The summed E-state index contributed by atoms with van der Waals surface area (Å²) in [6, 6.07) is 1.15. The van der Waals surface area contributed by atoms with Crippen LogP contribution in [0, 0.1) is 0 Å². The quantitative estimate of drug-likeness (QED) is 0.594. The van der Waals surface area contributed by atoms with Crippen molar-refractivity contribution in [2.75, 3.05) is 6.54 Å². The van der Waals surface area contributed by atoms with Crippen LogP contribution in [0.15, 0.2) is 0 Å². The zero-order valence-electron chi connectivity index (χ0n) is 10.2. The Morgan fingerprint density at radius 1 is 0.938 bits per heavy atom. The van der Waals surface area contributed by atoms with Gasteiger partial charge < -0.3 is 5.73 Å². The number of nitrogens with two attached hydrogens (primary N) is 1. The molecular formula is C13H24N2S. The monoisotopic (exact) mass is 240 g/mol. The highest BCUT2D eigenvalue weighted by atomic mass is 32.1. The minimum Gasteiger partial charge on any atom is -0.392 e. The molecule has 1 unspecified atom stereocenters. The first-order valence-corrected chi connectivity index (χ1v) is 7.25. The van der Waals surface area contributed by atoms with Gasteiger partial charge in [0, 0.05) is 6.04 Å². The summed E-state index contributed by atoms with van der Waals surface area (Å²) in [6.07, 6.45) is 12.2. The van der Waals surface area contributed by atoms with Gasteiger partial charge in [-0.1, -0.05) is 44.3 Å². The first-order valence-electron chi connectivity index (χ1n) is 6.84. The topological polar surface area (TPSA) is 29.3 Å². The third-order valence-corrected chi connectivity index (χ3v) is 4.44. The van der Waals surface area contributed by atoms with Crippen LogP contribution in [0.4, 0.5) is 0 Å². The summed E-state index contributed by atoms with van der Waals surface area (Å²) < 4.78 is 0. The van der Waals surface area contributed by atoms with Gasteiger partial charge >= 0.3 is 0 Å². The first kappa shape index (κ1) is 12.3. The maximum Gasteiger partial charge on any atom is 0.0902 e. The molecule has 0 bridgehead atoms. The second-order valence-electron chi connectivity index (χ2n) is 5.30. The van der Waals surface area contributed by atoms with Gasteiger partial charge in [-0.2, -0.15) is 0 Å². The molecular weight excluding hydrogens is 216 g/mol. The van der Waals surface area contributed by atoms with Crippen LogP contribution in [-0.4, -0.2) is 28.5 Å². The lowest BCUT2D eigenvalue weighted by Crippen LogP contribution is -2.51. The Balaban J connectivity index is 2.00. The van der Waals surface area contributed by atoms with E-state index in [1.807, 2.05) is 0 Å². The SMILES string of the molecule is NC(=S)C1CCCCN1C1CCCCCC1. The van der Waals surface area contributed by atoms with E-state index in [0.717, 1.165) is 11.0 Å². The van der Waals surface area contributed by atoms with Gasteiger partial charge in [0.25, 0.3) is 0 Å². The number of hydrogen-bond acceptors (Lipinski definition) is 2. The molecule has 0 amide bonds. The summed E-state index contributed by atoms with van der Waals surface area (Å²) in [5, 5.41) is 0. The summed E-state index contributed by atoms with van der Waals surface area (Å²) in [4.78, 5) is 3.35. The molecule has 1 aliphatic heterocycles. The van der Waals surface area contributed by atoms with Crippen molar-refractivity contribution in [3.63, 3.8) is 0 Å². The number of piperidine rings is 1. The fourth-order valence-electron chi connectivity index (χ4n) is 3.29. The minimum atomic E-state index is 0.395. The van der Waals surface area contributed by atoms with Crippen LogP contribution >= 0.6 is 12.2 Å². The molecule has 0 radical (unpaired) electrons. The molecule has 2 rings (SSSR count).